The molecule has 0 bridgehead atoms. The molecule has 0 heterocycles. The SMILES string of the molecule is CC(C#Cc1ccccc1)=N/C=C(\C)C(C)O. The highest BCUT2D eigenvalue weighted by Gasteiger charge is 1.95. The average molecular weight is 227 g/mol. The summed E-state index contributed by atoms with van der Waals surface area (Å²) in [6, 6.07) is 9.77. The summed E-state index contributed by atoms with van der Waals surface area (Å²) in [7, 11) is 0. The Balaban J connectivity index is 2.74. The summed E-state index contributed by atoms with van der Waals surface area (Å²) in [6.45, 7) is 5.40. The molecule has 1 atom stereocenters. The Labute approximate surface area is 103 Å². The Kier molecular flexibility index (Phi) is 5.19. The number of benzene rings is 1. The molecule has 0 amide bonds. The van der Waals surface area contributed by atoms with Crippen LogP contribution in [0.4, 0.5) is 0 Å². The van der Waals surface area contributed by atoms with E-state index in [0.717, 1.165) is 16.8 Å². The second-order valence-corrected chi connectivity index (χ2v) is 3.88. The lowest BCUT2D eigenvalue weighted by molar-refractivity contribution is 0.231. The zero-order valence-corrected chi connectivity index (χ0v) is 10.4. The van der Waals surface area contributed by atoms with Gasteiger partial charge >= 0.3 is 0 Å². The van der Waals surface area contributed by atoms with E-state index in [4.69, 9.17) is 0 Å². The fraction of sp³-hybridized carbons (Fsp3) is 0.267. The fourth-order valence-electron chi connectivity index (χ4n) is 1.02. The summed E-state index contributed by atoms with van der Waals surface area (Å²) in [4.78, 5) is 4.18. The van der Waals surface area contributed by atoms with Gasteiger partial charge in [0.15, 0.2) is 0 Å². The number of aliphatic hydroxyl groups is 1. The first-order valence-corrected chi connectivity index (χ1v) is 5.56. The van der Waals surface area contributed by atoms with Gasteiger partial charge in [-0.1, -0.05) is 24.1 Å². The molecule has 0 aromatic heterocycles. The molecule has 0 saturated heterocycles. The first-order chi connectivity index (χ1) is 8.09. The third kappa shape index (κ3) is 5.14. The highest BCUT2D eigenvalue weighted by molar-refractivity contribution is 5.99. The highest BCUT2D eigenvalue weighted by atomic mass is 16.3. The second-order valence-electron chi connectivity index (χ2n) is 3.88. The number of rotatable bonds is 2. The molecule has 88 valence electrons. The summed E-state index contributed by atoms with van der Waals surface area (Å²) < 4.78 is 0. The van der Waals surface area contributed by atoms with E-state index in [0.29, 0.717) is 0 Å². The van der Waals surface area contributed by atoms with E-state index in [-0.39, 0.29) is 0 Å². The normalized spacial score (nSPS) is 13.9. The van der Waals surface area contributed by atoms with Crippen molar-refractivity contribution in [1.29, 1.82) is 0 Å². The number of hydrogen-bond donors (Lipinski definition) is 1. The van der Waals surface area contributed by atoms with Crippen molar-refractivity contribution in [3.05, 3.63) is 47.7 Å². The maximum Gasteiger partial charge on any atom is 0.0871 e. The largest absolute Gasteiger partial charge is 0.389 e. The molecule has 1 N–H and O–H groups in total. The van der Waals surface area contributed by atoms with E-state index in [9.17, 15) is 5.11 Å². The van der Waals surface area contributed by atoms with Crippen LogP contribution in [0.1, 0.15) is 26.3 Å². The molecule has 0 aliphatic heterocycles. The molecule has 2 nitrogen and oxygen atoms in total. The van der Waals surface area contributed by atoms with Crippen molar-refractivity contribution >= 4 is 5.71 Å². The van der Waals surface area contributed by atoms with Crippen LogP contribution in [0.3, 0.4) is 0 Å². The lowest BCUT2D eigenvalue weighted by atomic mass is 10.2. The Hall–Kier alpha value is -1.85. The zero-order valence-electron chi connectivity index (χ0n) is 10.4. The van der Waals surface area contributed by atoms with Gasteiger partial charge in [0.05, 0.1) is 11.8 Å². The maximum atomic E-state index is 9.27. The van der Waals surface area contributed by atoms with E-state index in [1.165, 1.54) is 0 Å². The van der Waals surface area contributed by atoms with Gasteiger partial charge in [-0.15, -0.1) is 0 Å². The van der Waals surface area contributed by atoms with E-state index < -0.39 is 6.10 Å². The topological polar surface area (TPSA) is 32.6 Å². The molecule has 0 fully saturated rings. The lowest BCUT2D eigenvalue weighted by Gasteiger charge is -2.00. The molecular weight excluding hydrogens is 210 g/mol. The molecule has 0 radical (unpaired) electrons. The van der Waals surface area contributed by atoms with Crippen LogP contribution in [0.25, 0.3) is 0 Å². The van der Waals surface area contributed by atoms with Crippen LogP contribution in [0.2, 0.25) is 0 Å². The predicted molar refractivity (Wildman–Crippen MR) is 71.9 cm³/mol. The average Bonchev–Trinajstić information content (AvgIpc) is 2.34. The molecule has 1 aromatic carbocycles. The van der Waals surface area contributed by atoms with Crippen molar-refractivity contribution in [3.8, 4) is 11.8 Å². The summed E-state index contributed by atoms with van der Waals surface area (Å²) >= 11 is 0. The molecule has 1 rings (SSSR count). The quantitative estimate of drug-likeness (QED) is 0.611. The van der Waals surface area contributed by atoms with Gasteiger partial charge in [-0.2, -0.15) is 0 Å². The Bertz CT molecular complexity index is 473. The Morgan fingerprint density at radius 3 is 2.53 bits per heavy atom. The minimum atomic E-state index is -0.464. The fourth-order valence-corrected chi connectivity index (χ4v) is 1.02. The van der Waals surface area contributed by atoms with Crippen molar-refractivity contribution in [2.24, 2.45) is 4.99 Å². The standard InChI is InChI=1S/C15H17NO/c1-12(14(3)17)11-16-13(2)9-10-15-7-5-4-6-8-15/h4-8,11,14,17H,1-3H3/b12-11+,16-13?. The zero-order chi connectivity index (χ0) is 12.7. The Morgan fingerprint density at radius 2 is 1.94 bits per heavy atom. The second kappa shape index (κ2) is 6.67. The molecule has 0 aliphatic rings. The number of aliphatic imine (C=N–C) groups is 1. The van der Waals surface area contributed by atoms with Crippen molar-refractivity contribution < 1.29 is 5.11 Å². The molecule has 2 heteroatoms. The van der Waals surface area contributed by atoms with Crippen LogP contribution in [-0.2, 0) is 0 Å². The Morgan fingerprint density at radius 1 is 1.29 bits per heavy atom. The third-order valence-corrected chi connectivity index (χ3v) is 2.28. The molecule has 17 heavy (non-hydrogen) atoms. The summed E-state index contributed by atoms with van der Waals surface area (Å²) in [5.74, 6) is 5.99. The number of nitrogens with zero attached hydrogens (tertiary/aromatic N) is 1. The molecule has 0 aliphatic carbocycles. The van der Waals surface area contributed by atoms with Crippen LogP contribution in [0.5, 0.6) is 0 Å². The first-order valence-electron chi connectivity index (χ1n) is 5.56. The van der Waals surface area contributed by atoms with Crippen LogP contribution in [0, 0.1) is 11.8 Å². The predicted octanol–water partition coefficient (Wildman–Crippen LogP) is 2.78. The monoisotopic (exact) mass is 227 g/mol. The van der Waals surface area contributed by atoms with Crippen molar-refractivity contribution in [1.82, 2.24) is 0 Å². The summed E-state index contributed by atoms with van der Waals surface area (Å²) in [5.41, 5.74) is 2.53. The molecule has 0 saturated carbocycles. The molecule has 0 spiro atoms. The number of aliphatic hydroxyl groups excluding tert-OH is 1. The van der Waals surface area contributed by atoms with Gasteiger partial charge in [-0.05, 0) is 44.4 Å². The molecular formula is C15H17NO. The van der Waals surface area contributed by atoms with Gasteiger partial charge in [-0.25, -0.2) is 0 Å². The van der Waals surface area contributed by atoms with Crippen molar-refractivity contribution in [2.45, 2.75) is 26.9 Å². The van der Waals surface area contributed by atoms with Gasteiger partial charge in [0.2, 0.25) is 0 Å². The van der Waals surface area contributed by atoms with Crippen LogP contribution in [-0.4, -0.2) is 16.9 Å². The lowest BCUT2D eigenvalue weighted by Crippen LogP contribution is -2.00. The van der Waals surface area contributed by atoms with Gasteiger partial charge in [0, 0.05) is 11.8 Å². The maximum absolute atomic E-state index is 9.27. The summed E-state index contributed by atoms with van der Waals surface area (Å²) in [6.07, 6.45) is 1.19. The molecule has 1 aromatic rings. The van der Waals surface area contributed by atoms with Crippen molar-refractivity contribution in [3.63, 3.8) is 0 Å². The van der Waals surface area contributed by atoms with E-state index in [2.05, 4.69) is 16.8 Å². The van der Waals surface area contributed by atoms with Crippen molar-refractivity contribution in [2.75, 3.05) is 0 Å². The van der Waals surface area contributed by atoms with Crippen LogP contribution in [0.15, 0.2) is 47.1 Å². The minimum absolute atomic E-state index is 0.464. The highest BCUT2D eigenvalue weighted by Crippen LogP contribution is 2.00. The first kappa shape index (κ1) is 13.2. The van der Waals surface area contributed by atoms with Gasteiger partial charge < -0.3 is 5.11 Å². The van der Waals surface area contributed by atoms with Crippen LogP contribution >= 0.6 is 0 Å². The smallest absolute Gasteiger partial charge is 0.0871 e. The van der Waals surface area contributed by atoms with Gasteiger partial charge in [0.1, 0.15) is 0 Å². The van der Waals surface area contributed by atoms with Crippen LogP contribution < -0.4 is 0 Å². The number of hydrogen-bond acceptors (Lipinski definition) is 2. The summed E-state index contributed by atoms with van der Waals surface area (Å²) in [5, 5.41) is 9.27. The minimum Gasteiger partial charge on any atom is -0.389 e. The van der Waals surface area contributed by atoms with E-state index >= 15 is 0 Å². The van der Waals surface area contributed by atoms with E-state index in [1.807, 2.05) is 44.2 Å². The van der Waals surface area contributed by atoms with E-state index in [1.54, 1.807) is 13.1 Å². The van der Waals surface area contributed by atoms with Gasteiger partial charge in [-0.3, -0.25) is 4.99 Å². The third-order valence-electron chi connectivity index (χ3n) is 2.28. The van der Waals surface area contributed by atoms with Gasteiger partial charge in [0.25, 0.3) is 0 Å². The molecule has 1 unspecified atom stereocenters.